The fourth-order valence-electron chi connectivity index (χ4n) is 8.54. The summed E-state index contributed by atoms with van der Waals surface area (Å²) in [5.41, 5.74) is 23.1. The second-order valence-corrected chi connectivity index (χ2v) is 14.9. The van der Waals surface area contributed by atoms with Gasteiger partial charge in [0.2, 0.25) is 0 Å². The number of nitrogens with zero attached hydrogens (tertiary/aromatic N) is 4. The van der Waals surface area contributed by atoms with Crippen LogP contribution in [0.15, 0.2) is 122 Å². The van der Waals surface area contributed by atoms with Crippen molar-refractivity contribution in [3.05, 3.63) is 177 Å². The summed E-state index contributed by atoms with van der Waals surface area (Å²) < 4.78 is 0. The van der Waals surface area contributed by atoms with E-state index in [1.54, 1.807) is 6.33 Å². The molecule has 7 rings (SSSR count). The van der Waals surface area contributed by atoms with Gasteiger partial charge in [-0.15, -0.1) is 0 Å². The molecule has 7 aromatic rings. The second kappa shape index (κ2) is 14.8. The van der Waals surface area contributed by atoms with E-state index in [1.807, 2.05) is 12.3 Å². The van der Waals surface area contributed by atoms with E-state index in [4.69, 9.17) is 4.98 Å². The highest BCUT2D eigenvalue weighted by Gasteiger charge is 2.29. The molecule has 4 nitrogen and oxygen atoms in total. The summed E-state index contributed by atoms with van der Waals surface area (Å²) in [5, 5.41) is 0. The lowest BCUT2D eigenvalue weighted by atomic mass is 9.91. The van der Waals surface area contributed by atoms with Crippen LogP contribution in [0.5, 0.6) is 0 Å². The van der Waals surface area contributed by atoms with E-state index >= 15 is 0 Å². The highest BCUT2D eigenvalue weighted by Crippen LogP contribution is 2.50. The minimum absolute atomic E-state index is 0.823. The molecule has 0 amide bonds. The van der Waals surface area contributed by atoms with Gasteiger partial charge in [0, 0.05) is 11.9 Å². The summed E-state index contributed by atoms with van der Waals surface area (Å²) in [5.74, 6) is 0.823. The van der Waals surface area contributed by atoms with Gasteiger partial charge in [0.25, 0.3) is 0 Å². The number of hydrogen-bond donors (Lipinski definition) is 0. The Balaban J connectivity index is 1.48. The van der Waals surface area contributed by atoms with Gasteiger partial charge >= 0.3 is 0 Å². The molecule has 0 saturated carbocycles. The molecule has 270 valence electrons. The SMILES string of the molecule is Cc1cc(C)c(N(c2c(C)cc(C)cc2C)c2c(C)c(C)c(N(c3cccc(-c4ccccc4-c4ccccc4)c3)c3ccncn3)c(C)c2C)c(C)c1. The highest BCUT2D eigenvalue weighted by atomic mass is 15.2. The van der Waals surface area contributed by atoms with Gasteiger partial charge < -0.3 is 4.90 Å². The lowest BCUT2D eigenvalue weighted by Gasteiger charge is -2.37. The Morgan fingerprint density at radius 3 is 1.37 bits per heavy atom. The molecule has 0 saturated heterocycles. The standard InChI is InChI=1S/C50H50N4/c1-31-25-33(3)47(34(4)26-31)54(48-35(5)27-32(2)28-36(48)6)50-39(9)37(7)49(38(8)40(50)10)53(46-23-24-51-30-52-46)43-20-16-19-42(29-43)45-22-15-14-21-44(45)41-17-12-11-13-18-41/h11-30H,1-10H3. The molecule has 0 atom stereocenters. The summed E-state index contributed by atoms with van der Waals surface area (Å²) >= 11 is 0. The van der Waals surface area contributed by atoms with Crippen molar-refractivity contribution in [2.24, 2.45) is 0 Å². The van der Waals surface area contributed by atoms with E-state index in [2.05, 4.69) is 187 Å². The average Bonchev–Trinajstić information content (AvgIpc) is 3.15. The molecule has 0 N–H and O–H groups in total. The van der Waals surface area contributed by atoms with Gasteiger partial charge in [0.1, 0.15) is 12.1 Å². The third-order valence-corrected chi connectivity index (χ3v) is 10.9. The molecular weight excluding hydrogens is 657 g/mol. The zero-order valence-electron chi connectivity index (χ0n) is 33.3. The lowest BCUT2D eigenvalue weighted by molar-refractivity contribution is 1.07. The Morgan fingerprint density at radius 2 is 0.870 bits per heavy atom. The first-order valence-electron chi connectivity index (χ1n) is 18.8. The summed E-state index contributed by atoms with van der Waals surface area (Å²) in [6.07, 6.45) is 3.47. The minimum Gasteiger partial charge on any atom is -0.309 e. The summed E-state index contributed by atoms with van der Waals surface area (Å²) in [7, 11) is 0. The predicted octanol–water partition coefficient (Wildman–Crippen LogP) is 13.8. The molecule has 0 fully saturated rings. The molecule has 0 radical (unpaired) electrons. The molecule has 0 spiro atoms. The Bertz CT molecular complexity index is 2370. The first kappa shape index (κ1) is 36.4. The maximum atomic E-state index is 4.86. The van der Waals surface area contributed by atoms with Crippen LogP contribution in [0.3, 0.4) is 0 Å². The highest BCUT2D eigenvalue weighted by molar-refractivity contribution is 5.92. The molecule has 1 aromatic heterocycles. The zero-order chi connectivity index (χ0) is 38.3. The van der Waals surface area contributed by atoms with Crippen LogP contribution in [0.2, 0.25) is 0 Å². The molecule has 4 heteroatoms. The zero-order valence-corrected chi connectivity index (χ0v) is 33.3. The molecular formula is C50H50N4. The molecule has 0 aliphatic rings. The van der Waals surface area contributed by atoms with Crippen LogP contribution in [0.4, 0.5) is 34.3 Å². The normalized spacial score (nSPS) is 11.1. The van der Waals surface area contributed by atoms with E-state index in [9.17, 15) is 0 Å². The number of aromatic nitrogens is 2. The van der Waals surface area contributed by atoms with Crippen LogP contribution in [0.25, 0.3) is 22.3 Å². The van der Waals surface area contributed by atoms with E-state index in [-0.39, 0.29) is 0 Å². The third-order valence-electron chi connectivity index (χ3n) is 10.9. The summed E-state index contributed by atoms with van der Waals surface area (Å²) in [6, 6.07) is 39.4. The fraction of sp³-hybridized carbons (Fsp3) is 0.200. The Kier molecular flexibility index (Phi) is 9.96. The summed E-state index contributed by atoms with van der Waals surface area (Å²) in [4.78, 5) is 14.0. The van der Waals surface area contributed by atoms with Crippen LogP contribution < -0.4 is 9.80 Å². The van der Waals surface area contributed by atoms with Crippen LogP contribution in [-0.4, -0.2) is 9.97 Å². The molecule has 54 heavy (non-hydrogen) atoms. The average molecular weight is 707 g/mol. The van der Waals surface area contributed by atoms with Gasteiger partial charge in [-0.2, -0.15) is 0 Å². The van der Waals surface area contributed by atoms with Crippen molar-refractivity contribution in [3.63, 3.8) is 0 Å². The smallest absolute Gasteiger partial charge is 0.140 e. The molecule has 0 bridgehead atoms. The van der Waals surface area contributed by atoms with Crippen LogP contribution in [0, 0.1) is 69.2 Å². The Morgan fingerprint density at radius 1 is 0.407 bits per heavy atom. The van der Waals surface area contributed by atoms with Crippen LogP contribution >= 0.6 is 0 Å². The van der Waals surface area contributed by atoms with Crippen molar-refractivity contribution in [1.82, 2.24) is 9.97 Å². The van der Waals surface area contributed by atoms with Gasteiger partial charge in [-0.25, -0.2) is 9.97 Å². The van der Waals surface area contributed by atoms with E-state index < -0.39 is 0 Å². The molecule has 1 heterocycles. The van der Waals surface area contributed by atoms with Gasteiger partial charge in [-0.05, 0) is 154 Å². The van der Waals surface area contributed by atoms with Crippen LogP contribution in [-0.2, 0) is 0 Å². The van der Waals surface area contributed by atoms with Gasteiger partial charge in [0.15, 0.2) is 0 Å². The van der Waals surface area contributed by atoms with E-state index in [0.29, 0.717) is 0 Å². The van der Waals surface area contributed by atoms with Crippen molar-refractivity contribution in [2.45, 2.75) is 69.2 Å². The number of aryl methyl sites for hydroxylation is 6. The molecule has 0 aliphatic carbocycles. The maximum absolute atomic E-state index is 4.86. The Labute approximate surface area is 321 Å². The maximum Gasteiger partial charge on any atom is 0.140 e. The lowest BCUT2D eigenvalue weighted by Crippen LogP contribution is -2.21. The monoisotopic (exact) mass is 706 g/mol. The predicted molar refractivity (Wildman–Crippen MR) is 230 cm³/mol. The van der Waals surface area contributed by atoms with E-state index in [0.717, 1.165) is 22.8 Å². The minimum atomic E-state index is 0.823. The first-order chi connectivity index (χ1) is 26.0. The molecule has 0 unspecified atom stereocenters. The Hall–Kier alpha value is -6.00. The number of rotatable bonds is 8. The van der Waals surface area contributed by atoms with Gasteiger partial charge in [-0.1, -0.05) is 102 Å². The number of benzene rings is 6. The largest absolute Gasteiger partial charge is 0.309 e. The van der Waals surface area contributed by atoms with Crippen molar-refractivity contribution < 1.29 is 0 Å². The number of anilines is 6. The van der Waals surface area contributed by atoms with Gasteiger partial charge in [-0.3, -0.25) is 4.90 Å². The first-order valence-corrected chi connectivity index (χ1v) is 18.8. The summed E-state index contributed by atoms with van der Waals surface area (Å²) in [6.45, 7) is 22.5. The van der Waals surface area contributed by atoms with Crippen molar-refractivity contribution in [3.8, 4) is 22.3 Å². The van der Waals surface area contributed by atoms with E-state index in [1.165, 1.54) is 89.4 Å². The van der Waals surface area contributed by atoms with Crippen LogP contribution in [0.1, 0.15) is 55.6 Å². The fourth-order valence-corrected chi connectivity index (χ4v) is 8.54. The van der Waals surface area contributed by atoms with Crippen molar-refractivity contribution in [1.29, 1.82) is 0 Å². The van der Waals surface area contributed by atoms with Crippen molar-refractivity contribution >= 4 is 34.3 Å². The van der Waals surface area contributed by atoms with Gasteiger partial charge in [0.05, 0.1) is 22.7 Å². The second-order valence-electron chi connectivity index (χ2n) is 14.9. The van der Waals surface area contributed by atoms with Crippen molar-refractivity contribution in [2.75, 3.05) is 9.80 Å². The molecule has 0 aliphatic heterocycles. The third kappa shape index (κ3) is 6.58. The molecule has 6 aromatic carbocycles. The quantitative estimate of drug-likeness (QED) is 0.157. The number of hydrogen-bond acceptors (Lipinski definition) is 4. The topological polar surface area (TPSA) is 32.3 Å².